The second-order valence-corrected chi connectivity index (χ2v) is 10.0. The molecule has 1 unspecified atom stereocenters. The maximum absolute atomic E-state index is 12.9. The first-order chi connectivity index (χ1) is 18.3. The van der Waals surface area contributed by atoms with Crippen molar-refractivity contribution in [3.63, 3.8) is 0 Å². The summed E-state index contributed by atoms with van der Waals surface area (Å²) in [6.07, 6.45) is 4.53. The zero-order chi connectivity index (χ0) is 27.2. The van der Waals surface area contributed by atoms with E-state index in [1.165, 1.54) is 6.20 Å². The molecule has 0 saturated carbocycles. The fourth-order valence-electron chi connectivity index (χ4n) is 4.01. The fraction of sp³-hybridized carbons (Fsp3) is 0.333. The molecule has 4 aromatic rings. The van der Waals surface area contributed by atoms with Crippen molar-refractivity contribution in [1.29, 1.82) is 5.41 Å². The molecule has 0 spiro atoms. The van der Waals surface area contributed by atoms with Gasteiger partial charge in [0.05, 0.1) is 27.2 Å². The van der Waals surface area contributed by atoms with Crippen LogP contribution in [0.4, 0.5) is 11.6 Å². The van der Waals surface area contributed by atoms with Gasteiger partial charge in [-0.1, -0.05) is 54.7 Å². The predicted molar refractivity (Wildman–Crippen MR) is 152 cm³/mol. The Bertz CT molecular complexity index is 1500. The maximum Gasteiger partial charge on any atom is 0.333 e. The SMILES string of the molecule is CCCCOC(CCN(C)C)c1ccc(Nc2ncc3c(=N)n(-c4c(Cl)cccc4Cl)c(=O)[nH]c3n2)cc1. The third-order valence-corrected chi connectivity index (χ3v) is 6.66. The van der Waals surface area contributed by atoms with E-state index < -0.39 is 5.69 Å². The van der Waals surface area contributed by atoms with Gasteiger partial charge in [0.2, 0.25) is 5.95 Å². The van der Waals surface area contributed by atoms with Crippen molar-refractivity contribution < 1.29 is 4.74 Å². The minimum atomic E-state index is -0.585. The molecular weight excluding hydrogens is 525 g/mol. The minimum Gasteiger partial charge on any atom is -0.373 e. The maximum atomic E-state index is 12.9. The van der Waals surface area contributed by atoms with Gasteiger partial charge >= 0.3 is 5.69 Å². The first-order valence-electron chi connectivity index (χ1n) is 12.4. The fourth-order valence-corrected chi connectivity index (χ4v) is 4.57. The zero-order valence-corrected chi connectivity index (χ0v) is 23.1. The molecule has 3 N–H and O–H groups in total. The molecule has 2 aromatic carbocycles. The Kier molecular flexibility index (Phi) is 9.17. The zero-order valence-electron chi connectivity index (χ0n) is 21.6. The number of hydrogen-bond donors (Lipinski definition) is 3. The average molecular weight is 556 g/mol. The van der Waals surface area contributed by atoms with Gasteiger partial charge in [0.15, 0.2) is 5.65 Å². The van der Waals surface area contributed by atoms with Crippen LogP contribution in [0, 0.1) is 5.41 Å². The third kappa shape index (κ3) is 6.42. The molecule has 11 heteroatoms. The van der Waals surface area contributed by atoms with Crippen LogP contribution >= 0.6 is 23.2 Å². The van der Waals surface area contributed by atoms with Crippen LogP contribution in [0.15, 0.2) is 53.5 Å². The Morgan fingerprint density at radius 2 is 1.87 bits per heavy atom. The van der Waals surface area contributed by atoms with E-state index in [2.05, 4.69) is 46.2 Å². The quantitative estimate of drug-likeness (QED) is 0.212. The molecule has 2 aromatic heterocycles. The molecule has 0 aliphatic carbocycles. The van der Waals surface area contributed by atoms with Gasteiger partial charge in [-0.2, -0.15) is 4.98 Å². The molecule has 4 rings (SSSR count). The average Bonchev–Trinajstić information content (AvgIpc) is 2.88. The highest BCUT2D eigenvalue weighted by Gasteiger charge is 2.16. The number of ether oxygens (including phenoxy) is 1. The third-order valence-electron chi connectivity index (χ3n) is 6.05. The summed E-state index contributed by atoms with van der Waals surface area (Å²) in [5, 5.41) is 12.6. The van der Waals surface area contributed by atoms with Crippen molar-refractivity contribution in [2.24, 2.45) is 0 Å². The van der Waals surface area contributed by atoms with E-state index in [0.29, 0.717) is 5.39 Å². The van der Waals surface area contributed by atoms with Gasteiger partial charge in [0.1, 0.15) is 5.49 Å². The number of aromatic amines is 1. The summed E-state index contributed by atoms with van der Waals surface area (Å²) in [6, 6.07) is 12.9. The summed E-state index contributed by atoms with van der Waals surface area (Å²) in [5.41, 5.74) is 1.64. The molecule has 2 heterocycles. The topological polar surface area (TPSA) is 112 Å². The summed E-state index contributed by atoms with van der Waals surface area (Å²) in [5.74, 6) is 0.289. The number of aromatic nitrogens is 4. The number of benzene rings is 2. The van der Waals surface area contributed by atoms with E-state index in [9.17, 15) is 4.79 Å². The highest BCUT2D eigenvalue weighted by atomic mass is 35.5. The highest BCUT2D eigenvalue weighted by Crippen LogP contribution is 2.27. The number of nitrogens with zero attached hydrogens (tertiary/aromatic N) is 4. The summed E-state index contributed by atoms with van der Waals surface area (Å²) in [4.78, 5) is 26.5. The largest absolute Gasteiger partial charge is 0.373 e. The van der Waals surface area contributed by atoms with Crippen molar-refractivity contribution in [2.45, 2.75) is 32.3 Å². The Morgan fingerprint density at radius 1 is 1.16 bits per heavy atom. The Labute approximate surface area is 230 Å². The van der Waals surface area contributed by atoms with Crippen LogP contribution in [-0.2, 0) is 4.74 Å². The molecular formula is C27H31Cl2N7O2. The van der Waals surface area contributed by atoms with Gasteiger partial charge in [-0.3, -0.25) is 10.4 Å². The molecule has 0 saturated heterocycles. The van der Waals surface area contributed by atoms with Crippen molar-refractivity contribution >= 4 is 45.9 Å². The summed E-state index contributed by atoms with van der Waals surface area (Å²) < 4.78 is 7.27. The van der Waals surface area contributed by atoms with Crippen molar-refractivity contribution in [3.05, 3.63) is 80.2 Å². The van der Waals surface area contributed by atoms with Crippen molar-refractivity contribution in [3.8, 4) is 5.69 Å². The number of halogens is 2. The van der Waals surface area contributed by atoms with Crippen LogP contribution in [0.2, 0.25) is 10.0 Å². The molecule has 9 nitrogen and oxygen atoms in total. The first kappa shape index (κ1) is 27.8. The van der Waals surface area contributed by atoms with E-state index in [1.807, 2.05) is 24.3 Å². The van der Waals surface area contributed by atoms with E-state index in [1.54, 1.807) is 18.2 Å². The number of H-pyrrole nitrogens is 1. The summed E-state index contributed by atoms with van der Waals surface area (Å²) in [7, 11) is 4.12. The number of fused-ring (bicyclic) bond motifs is 1. The molecule has 0 amide bonds. The van der Waals surface area contributed by atoms with Crippen LogP contribution in [-0.4, -0.2) is 51.7 Å². The number of unbranched alkanes of at least 4 members (excludes halogenated alkanes) is 1. The highest BCUT2D eigenvalue weighted by molar-refractivity contribution is 6.37. The van der Waals surface area contributed by atoms with E-state index in [4.69, 9.17) is 33.3 Å². The lowest BCUT2D eigenvalue weighted by atomic mass is 10.1. The van der Waals surface area contributed by atoms with E-state index in [0.717, 1.165) is 48.2 Å². The number of anilines is 2. The van der Waals surface area contributed by atoms with E-state index in [-0.39, 0.29) is 38.9 Å². The van der Waals surface area contributed by atoms with Crippen LogP contribution in [0.5, 0.6) is 0 Å². The molecule has 0 aliphatic heterocycles. The number of nitrogens with one attached hydrogen (secondary N) is 3. The number of rotatable bonds is 11. The van der Waals surface area contributed by atoms with Crippen LogP contribution in [0.3, 0.4) is 0 Å². The molecule has 0 radical (unpaired) electrons. The summed E-state index contributed by atoms with van der Waals surface area (Å²) >= 11 is 12.6. The molecule has 1 atom stereocenters. The predicted octanol–water partition coefficient (Wildman–Crippen LogP) is 5.45. The minimum absolute atomic E-state index is 0.0220. The number of hydrogen-bond acceptors (Lipinski definition) is 7. The van der Waals surface area contributed by atoms with Gasteiger partial charge in [0.25, 0.3) is 0 Å². The smallest absolute Gasteiger partial charge is 0.333 e. The Hall–Kier alpha value is -3.24. The molecule has 0 fully saturated rings. The lowest BCUT2D eigenvalue weighted by molar-refractivity contribution is 0.0402. The molecule has 200 valence electrons. The lowest BCUT2D eigenvalue weighted by Crippen LogP contribution is -2.34. The molecule has 38 heavy (non-hydrogen) atoms. The van der Waals surface area contributed by atoms with Crippen LogP contribution in [0.1, 0.15) is 37.9 Å². The number of para-hydroxylation sites is 1. The van der Waals surface area contributed by atoms with Crippen LogP contribution < -0.4 is 16.5 Å². The lowest BCUT2D eigenvalue weighted by Gasteiger charge is -2.21. The van der Waals surface area contributed by atoms with Crippen LogP contribution in [0.25, 0.3) is 16.7 Å². The first-order valence-corrected chi connectivity index (χ1v) is 13.2. The van der Waals surface area contributed by atoms with E-state index >= 15 is 0 Å². The monoisotopic (exact) mass is 555 g/mol. The second kappa shape index (κ2) is 12.5. The van der Waals surface area contributed by atoms with Gasteiger partial charge in [-0.05, 0) is 56.8 Å². The van der Waals surface area contributed by atoms with Gasteiger partial charge in [0, 0.05) is 25.0 Å². The Morgan fingerprint density at radius 3 is 2.53 bits per heavy atom. The molecule has 0 bridgehead atoms. The van der Waals surface area contributed by atoms with Crippen molar-refractivity contribution in [2.75, 3.05) is 32.6 Å². The standard InChI is InChI=1S/C27H31Cl2N7O2/c1-4-5-15-38-22(13-14-35(2)3)17-9-11-18(12-10-17)32-26-31-16-19-24(30)36(27(37)34-25(19)33-26)23-20(28)7-6-8-21(23)29/h6-12,16,22,30H,4-5,13-15H2,1-3H3,(H2,31,32,33,34,37). The molecule has 0 aliphatic rings. The van der Waals surface area contributed by atoms with Gasteiger partial charge in [-0.15, -0.1) is 0 Å². The normalized spacial score (nSPS) is 12.3. The Balaban J connectivity index is 1.57. The summed E-state index contributed by atoms with van der Waals surface area (Å²) in [6.45, 7) is 3.82. The van der Waals surface area contributed by atoms with Gasteiger partial charge < -0.3 is 15.0 Å². The second-order valence-electron chi connectivity index (χ2n) is 9.19. The van der Waals surface area contributed by atoms with Gasteiger partial charge in [-0.25, -0.2) is 14.3 Å². The van der Waals surface area contributed by atoms with Crippen molar-refractivity contribution in [1.82, 2.24) is 24.4 Å².